The zero-order valence-corrected chi connectivity index (χ0v) is 13.9. The standard InChI is InChI=1S/C18H19FN2O4/c1-24-15-6-4-3-5-14(15)16(25-2)11-20-17(22)18(23)21-13-9-7-12(19)8-10-13/h3-10,16H,11H2,1-2H3,(H,20,22)(H,21,23). The summed E-state index contributed by atoms with van der Waals surface area (Å²) in [5.41, 5.74) is 1.08. The lowest BCUT2D eigenvalue weighted by atomic mass is 10.1. The average Bonchev–Trinajstić information content (AvgIpc) is 2.64. The molecule has 2 rings (SSSR count). The molecule has 0 saturated heterocycles. The molecule has 1 atom stereocenters. The van der Waals surface area contributed by atoms with Crippen LogP contribution in [0.15, 0.2) is 48.5 Å². The molecule has 0 heterocycles. The average molecular weight is 346 g/mol. The summed E-state index contributed by atoms with van der Waals surface area (Å²) in [6, 6.07) is 12.4. The van der Waals surface area contributed by atoms with Crippen molar-refractivity contribution >= 4 is 17.5 Å². The minimum absolute atomic E-state index is 0.0898. The minimum Gasteiger partial charge on any atom is -0.496 e. The number of halogens is 1. The van der Waals surface area contributed by atoms with Crippen molar-refractivity contribution in [1.29, 1.82) is 0 Å². The molecule has 2 aromatic carbocycles. The van der Waals surface area contributed by atoms with Gasteiger partial charge in [0.1, 0.15) is 17.7 Å². The van der Waals surface area contributed by atoms with E-state index in [-0.39, 0.29) is 6.54 Å². The van der Waals surface area contributed by atoms with E-state index < -0.39 is 23.7 Å². The van der Waals surface area contributed by atoms with Gasteiger partial charge >= 0.3 is 11.8 Å². The number of hydrogen-bond acceptors (Lipinski definition) is 4. The fourth-order valence-electron chi connectivity index (χ4n) is 2.24. The van der Waals surface area contributed by atoms with Crippen molar-refractivity contribution in [3.05, 3.63) is 59.9 Å². The van der Waals surface area contributed by atoms with Crippen LogP contribution < -0.4 is 15.4 Å². The van der Waals surface area contributed by atoms with Crippen molar-refractivity contribution in [2.75, 3.05) is 26.1 Å². The predicted molar refractivity (Wildman–Crippen MR) is 90.8 cm³/mol. The molecule has 2 N–H and O–H groups in total. The number of methoxy groups -OCH3 is 2. The Morgan fingerprint density at radius 3 is 2.36 bits per heavy atom. The number of amides is 2. The normalized spacial score (nSPS) is 11.5. The fourth-order valence-corrected chi connectivity index (χ4v) is 2.24. The number of rotatable bonds is 6. The Bertz CT molecular complexity index is 734. The van der Waals surface area contributed by atoms with Gasteiger partial charge in [-0.25, -0.2) is 4.39 Å². The Morgan fingerprint density at radius 2 is 1.72 bits per heavy atom. The lowest BCUT2D eigenvalue weighted by molar-refractivity contribution is -0.136. The summed E-state index contributed by atoms with van der Waals surface area (Å²) in [6.45, 7) is 0.0898. The maximum absolute atomic E-state index is 12.8. The van der Waals surface area contributed by atoms with E-state index in [1.165, 1.54) is 31.4 Å². The topological polar surface area (TPSA) is 76.7 Å². The first-order valence-electron chi connectivity index (χ1n) is 7.55. The predicted octanol–water partition coefficient (Wildman–Crippen LogP) is 2.28. The number of anilines is 1. The largest absolute Gasteiger partial charge is 0.496 e. The molecular formula is C18H19FN2O4. The van der Waals surface area contributed by atoms with Gasteiger partial charge in [0.05, 0.1) is 7.11 Å². The first kappa shape index (κ1) is 18.4. The van der Waals surface area contributed by atoms with Crippen molar-refractivity contribution in [3.8, 4) is 5.75 Å². The molecular weight excluding hydrogens is 327 g/mol. The molecule has 0 fully saturated rings. The van der Waals surface area contributed by atoms with E-state index in [4.69, 9.17) is 9.47 Å². The first-order chi connectivity index (χ1) is 12.0. The molecule has 2 aromatic rings. The Balaban J connectivity index is 1.95. The van der Waals surface area contributed by atoms with Crippen LogP contribution in [-0.4, -0.2) is 32.6 Å². The van der Waals surface area contributed by atoms with E-state index in [0.717, 1.165) is 5.56 Å². The molecule has 0 aromatic heterocycles. The molecule has 1 unspecified atom stereocenters. The van der Waals surface area contributed by atoms with Crippen LogP contribution in [0.1, 0.15) is 11.7 Å². The molecule has 0 radical (unpaired) electrons. The Labute approximate surface area is 144 Å². The molecule has 2 amide bonds. The van der Waals surface area contributed by atoms with Crippen molar-refractivity contribution in [3.63, 3.8) is 0 Å². The number of carbonyl (C=O) groups excluding carboxylic acids is 2. The second-order valence-electron chi connectivity index (χ2n) is 5.14. The van der Waals surface area contributed by atoms with Gasteiger partial charge in [-0.2, -0.15) is 0 Å². The van der Waals surface area contributed by atoms with Gasteiger partial charge in [-0.05, 0) is 30.3 Å². The molecule has 0 spiro atoms. The summed E-state index contributed by atoms with van der Waals surface area (Å²) in [4.78, 5) is 23.8. The van der Waals surface area contributed by atoms with Gasteiger partial charge < -0.3 is 20.1 Å². The third-order valence-electron chi connectivity index (χ3n) is 3.53. The minimum atomic E-state index is -0.846. The summed E-state index contributed by atoms with van der Waals surface area (Å²) in [6.07, 6.45) is -0.473. The van der Waals surface area contributed by atoms with Gasteiger partial charge in [0.15, 0.2) is 0 Å². The van der Waals surface area contributed by atoms with Crippen molar-refractivity contribution in [1.82, 2.24) is 5.32 Å². The zero-order valence-electron chi connectivity index (χ0n) is 13.9. The third kappa shape index (κ3) is 5.02. The number of nitrogens with one attached hydrogen (secondary N) is 2. The first-order valence-corrected chi connectivity index (χ1v) is 7.55. The summed E-state index contributed by atoms with van der Waals surface area (Å²) in [7, 11) is 3.04. The highest BCUT2D eigenvalue weighted by molar-refractivity contribution is 6.39. The van der Waals surface area contributed by atoms with Crippen LogP contribution in [-0.2, 0) is 14.3 Å². The van der Waals surface area contributed by atoms with Gasteiger partial charge in [0, 0.05) is 24.9 Å². The van der Waals surface area contributed by atoms with Crippen LogP contribution in [0.3, 0.4) is 0 Å². The van der Waals surface area contributed by atoms with Crippen LogP contribution in [0, 0.1) is 5.82 Å². The molecule has 0 aliphatic heterocycles. The van der Waals surface area contributed by atoms with E-state index in [1.54, 1.807) is 13.2 Å². The smallest absolute Gasteiger partial charge is 0.313 e. The second kappa shape index (κ2) is 8.79. The van der Waals surface area contributed by atoms with E-state index in [1.807, 2.05) is 18.2 Å². The van der Waals surface area contributed by atoms with Crippen molar-refractivity contribution in [2.45, 2.75) is 6.10 Å². The van der Waals surface area contributed by atoms with Gasteiger partial charge in [-0.15, -0.1) is 0 Å². The number of benzene rings is 2. The maximum atomic E-state index is 12.8. The summed E-state index contributed by atoms with van der Waals surface area (Å²) < 4.78 is 23.5. The van der Waals surface area contributed by atoms with E-state index >= 15 is 0 Å². The summed E-state index contributed by atoms with van der Waals surface area (Å²) >= 11 is 0. The zero-order chi connectivity index (χ0) is 18.2. The van der Waals surface area contributed by atoms with Gasteiger partial charge in [0.2, 0.25) is 0 Å². The van der Waals surface area contributed by atoms with Crippen LogP contribution in [0.4, 0.5) is 10.1 Å². The Hall–Kier alpha value is -2.93. The van der Waals surface area contributed by atoms with Gasteiger partial charge in [0.25, 0.3) is 0 Å². The molecule has 0 aliphatic carbocycles. The summed E-state index contributed by atoms with van der Waals surface area (Å²) in [5, 5.41) is 4.90. The van der Waals surface area contributed by atoms with Gasteiger partial charge in [-0.3, -0.25) is 9.59 Å². The van der Waals surface area contributed by atoms with E-state index in [2.05, 4.69) is 10.6 Å². The molecule has 0 saturated carbocycles. The fraction of sp³-hybridized carbons (Fsp3) is 0.222. The van der Waals surface area contributed by atoms with Crippen LogP contribution in [0.5, 0.6) is 5.75 Å². The lowest BCUT2D eigenvalue weighted by Crippen LogP contribution is -2.38. The Kier molecular flexibility index (Phi) is 6.47. The highest BCUT2D eigenvalue weighted by Gasteiger charge is 2.19. The van der Waals surface area contributed by atoms with Crippen molar-refractivity contribution in [2.24, 2.45) is 0 Å². The third-order valence-corrected chi connectivity index (χ3v) is 3.53. The molecule has 0 bridgehead atoms. The number of hydrogen-bond donors (Lipinski definition) is 2. The molecule has 7 heteroatoms. The Morgan fingerprint density at radius 1 is 1.04 bits per heavy atom. The SMILES string of the molecule is COc1ccccc1C(CNC(=O)C(=O)Nc1ccc(F)cc1)OC. The highest BCUT2D eigenvalue weighted by atomic mass is 19.1. The van der Waals surface area contributed by atoms with Gasteiger partial charge in [-0.1, -0.05) is 18.2 Å². The molecule has 0 aliphatic rings. The van der Waals surface area contributed by atoms with Crippen molar-refractivity contribution < 1.29 is 23.5 Å². The van der Waals surface area contributed by atoms with E-state index in [0.29, 0.717) is 11.4 Å². The highest BCUT2D eigenvalue weighted by Crippen LogP contribution is 2.26. The van der Waals surface area contributed by atoms with Crippen LogP contribution in [0.2, 0.25) is 0 Å². The molecule has 25 heavy (non-hydrogen) atoms. The summed E-state index contributed by atoms with van der Waals surface area (Å²) in [5.74, 6) is -1.47. The number of carbonyl (C=O) groups is 2. The number of para-hydroxylation sites is 1. The maximum Gasteiger partial charge on any atom is 0.313 e. The second-order valence-corrected chi connectivity index (χ2v) is 5.14. The molecule has 132 valence electrons. The van der Waals surface area contributed by atoms with Crippen LogP contribution >= 0.6 is 0 Å². The monoisotopic (exact) mass is 346 g/mol. The number of ether oxygens (including phenoxy) is 2. The molecule has 6 nitrogen and oxygen atoms in total. The lowest BCUT2D eigenvalue weighted by Gasteiger charge is -2.18. The quantitative estimate of drug-likeness (QED) is 0.787. The van der Waals surface area contributed by atoms with E-state index in [9.17, 15) is 14.0 Å². The van der Waals surface area contributed by atoms with Crippen LogP contribution in [0.25, 0.3) is 0 Å².